The van der Waals surface area contributed by atoms with Crippen LogP contribution in [0.25, 0.3) is 0 Å². The predicted octanol–water partition coefficient (Wildman–Crippen LogP) is 1.54. The normalized spacial score (nSPS) is 27.4. The average Bonchev–Trinajstić information content (AvgIpc) is 2.83. The van der Waals surface area contributed by atoms with Crippen LogP contribution in [-0.2, 0) is 6.42 Å². The summed E-state index contributed by atoms with van der Waals surface area (Å²) in [6.07, 6.45) is 1.90. The molecule has 0 bridgehead atoms. The zero-order valence-corrected chi connectivity index (χ0v) is 8.79. The fraction of sp³-hybridized carbons (Fsp3) is 0.417. The van der Waals surface area contributed by atoms with Crippen LogP contribution >= 0.6 is 0 Å². The molecule has 84 valence electrons. The Morgan fingerprint density at radius 2 is 2.25 bits per heavy atom. The molecule has 1 heterocycles. The predicted molar refractivity (Wildman–Crippen MR) is 57.8 cm³/mol. The highest BCUT2D eigenvalue weighted by molar-refractivity contribution is 5.76. The van der Waals surface area contributed by atoms with E-state index in [1.807, 2.05) is 6.07 Å². The molecule has 1 aliphatic heterocycles. The largest absolute Gasteiger partial charge is 0.336 e. The second-order valence-electron chi connectivity index (χ2n) is 4.45. The van der Waals surface area contributed by atoms with Gasteiger partial charge < -0.3 is 10.6 Å². The van der Waals surface area contributed by atoms with E-state index >= 15 is 0 Å². The van der Waals surface area contributed by atoms with Crippen molar-refractivity contribution in [3.05, 3.63) is 35.1 Å². The molecule has 2 aliphatic rings. The van der Waals surface area contributed by atoms with Crippen molar-refractivity contribution in [1.82, 2.24) is 10.6 Å². The van der Waals surface area contributed by atoms with Crippen LogP contribution < -0.4 is 10.6 Å². The molecular formula is C12H13FN2O. The lowest BCUT2D eigenvalue weighted by Gasteiger charge is -2.18. The van der Waals surface area contributed by atoms with Gasteiger partial charge in [-0.15, -0.1) is 0 Å². The Balaban J connectivity index is 1.88. The van der Waals surface area contributed by atoms with Gasteiger partial charge in [0.15, 0.2) is 0 Å². The molecule has 2 atom stereocenters. The first-order valence-corrected chi connectivity index (χ1v) is 5.57. The third kappa shape index (κ3) is 1.45. The van der Waals surface area contributed by atoms with E-state index < -0.39 is 0 Å². The summed E-state index contributed by atoms with van der Waals surface area (Å²) in [5.74, 6) is 0.155. The molecule has 1 fully saturated rings. The fourth-order valence-corrected chi connectivity index (χ4v) is 2.75. The van der Waals surface area contributed by atoms with E-state index in [0.717, 1.165) is 18.4 Å². The van der Waals surface area contributed by atoms with Gasteiger partial charge in [0.25, 0.3) is 0 Å². The number of fused-ring (bicyclic) bond motifs is 1. The van der Waals surface area contributed by atoms with E-state index in [1.54, 1.807) is 6.07 Å². The van der Waals surface area contributed by atoms with Gasteiger partial charge in [0, 0.05) is 12.5 Å². The molecule has 1 aromatic carbocycles. The summed E-state index contributed by atoms with van der Waals surface area (Å²) in [4.78, 5) is 11.1. The molecule has 2 amide bonds. The highest BCUT2D eigenvalue weighted by Gasteiger charge is 2.33. The molecule has 0 radical (unpaired) electrons. The molecule has 0 saturated carbocycles. The maximum Gasteiger partial charge on any atom is 0.315 e. The third-order valence-electron chi connectivity index (χ3n) is 3.51. The highest BCUT2D eigenvalue weighted by atomic mass is 19.1. The van der Waals surface area contributed by atoms with Crippen LogP contribution in [-0.4, -0.2) is 18.6 Å². The minimum atomic E-state index is -0.173. The molecule has 0 aromatic heterocycles. The number of halogens is 1. The first-order chi connectivity index (χ1) is 7.74. The van der Waals surface area contributed by atoms with E-state index in [9.17, 15) is 9.18 Å². The van der Waals surface area contributed by atoms with E-state index in [0.29, 0.717) is 12.5 Å². The van der Waals surface area contributed by atoms with Crippen LogP contribution in [0.2, 0.25) is 0 Å². The minimum absolute atomic E-state index is 0.0967. The Bertz CT molecular complexity index is 447. The zero-order chi connectivity index (χ0) is 11.1. The second kappa shape index (κ2) is 3.47. The van der Waals surface area contributed by atoms with Crippen molar-refractivity contribution in [2.24, 2.45) is 0 Å². The van der Waals surface area contributed by atoms with Gasteiger partial charge in [0.1, 0.15) is 5.82 Å². The lowest BCUT2D eigenvalue weighted by Crippen LogP contribution is -2.31. The van der Waals surface area contributed by atoms with Crippen molar-refractivity contribution in [2.45, 2.75) is 24.8 Å². The summed E-state index contributed by atoms with van der Waals surface area (Å²) in [5, 5.41) is 5.67. The number of benzene rings is 1. The molecule has 1 aromatic rings. The van der Waals surface area contributed by atoms with Gasteiger partial charge in [0.2, 0.25) is 0 Å². The molecule has 1 aliphatic carbocycles. The smallest absolute Gasteiger partial charge is 0.315 e. The van der Waals surface area contributed by atoms with Gasteiger partial charge >= 0.3 is 6.03 Å². The van der Waals surface area contributed by atoms with Crippen molar-refractivity contribution in [2.75, 3.05) is 6.54 Å². The Hall–Kier alpha value is -1.58. The topological polar surface area (TPSA) is 41.1 Å². The Morgan fingerprint density at radius 3 is 3.00 bits per heavy atom. The number of hydrogen-bond donors (Lipinski definition) is 2. The monoisotopic (exact) mass is 220 g/mol. The summed E-state index contributed by atoms with van der Waals surface area (Å²) in [7, 11) is 0. The first-order valence-electron chi connectivity index (χ1n) is 5.57. The van der Waals surface area contributed by atoms with Crippen LogP contribution in [0, 0.1) is 5.82 Å². The first kappa shape index (κ1) is 9.63. The molecule has 16 heavy (non-hydrogen) atoms. The molecule has 2 unspecified atom stereocenters. The van der Waals surface area contributed by atoms with Gasteiger partial charge in [-0.2, -0.15) is 0 Å². The van der Waals surface area contributed by atoms with Crippen molar-refractivity contribution in [1.29, 1.82) is 0 Å². The zero-order valence-electron chi connectivity index (χ0n) is 8.79. The van der Waals surface area contributed by atoms with E-state index in [2.05, 4.69) is 10.6 Å². The summed E-state index contributed by atoms with van der Waals surface area (Å²) in [6, 6.07) is 5.02. The Labute approximate surface area is 93.0 Å². The van der Waals surface area contributed by atoms with Crippen molar-refractivity contribution >= 4 is 6.03 Å². The van der Waals surface area contributed by atoms with Crippen LogP contribution in [0.3, 0.4) is 0 Å². The van der Waals surface area contributed by atoms with Gasteiger partial charge in [-0.05, 0) is 36.1 Å². The summed E-state index contributed by atoms with van der Waals surface area (Å²) in [6.45, 7) is 0.667. The van der Waals surface area contributed by atoms with Crippen LogP contribution in [0.1, 0.15) is 23.5 Å². The molecule has 3 rings (SSSR count). The van der Waals surface area contributed by atoms with Crippen LogP contribution in [0.5, 0.6) is 0 Å². The SMILES string of the molecule is O=C1NCC(C2CCc3cc(F)ccc32)N1. The van der Waals surface area contributed by atoms with E-state index in [1.165, 1.54) is 11.6 Å². The maximum atomic E-state index is 13.0. The lowest BCUT2D eigenvalue weighted by atomic mass is 9.94. The van der Waals surface area contributed by atoms with Gasteiger partial charge in [-0.25, -0.2) is 9.18 Å². The summed E-state index contributed by atoms with van der Waals surface area (Å²) < 4.78 is 13.0. The minimum Gasteiger partial charge on any atom is -0.336 e. The number of aryl methyl sites for hydroxylation is 1. The number of rotatable bonds is 1. The Kier molecular flexibility index (Phi) is 2.09. The van der Waals surface area contributed by atoms with Crippen molar-refractivity contribution in [3.8, 4) is 0 Å². The van der Waals surface area contributed by atoms with Crippen molar-refractivity contribution < 1.29 is 9.18 Å². The standard InChI is InChI=1S/C12H13FN2O/c13-8-2-4-9-7(5-8)1-3-10(9)11-6-14-12(16)15-11/h2,4-5,10-11H,1,3,6H2,(H2,14,15,16). The van der Waals surface area contributed by atoms with Gasteiger partial charge in [0.05, 0.1) is 6.04 Å². The van der Waals surface area contributed by atoms with Gasteiger partial charge in [-0.3, -0.25) is 0 Å². The van der Waals surface area contributed by atoms with E-state index in [-0.39, 0.29) is 17.9 Å². The average molecular weight is 220 g/mol. The van der Waals surface area contributed by atoms with Crippen LogP contribution in [0.4, 0.5) is 9.18 Å². The lowest BCUT2D eigenvalue weighted by molar-refractivity contribution is 0.247. The second-order valence-corrected chi connectivity index (χ2v) is 4.45. The summed E-state index contributed by atoms with van der Waals surface area (Å²) >= 11 is 0. The maximum absolute atomic E-state index is 13.0. The number of amides is 2. The molecule has 1 saturated heterocycles. The van der Waals surface area contributed by atoms with Crippen LogP contribution in [0.15, 0.2) is 18.2 Å². The van der Waals surface area contributed by atoms with Gasteiger partial charge in [-0.1, -0.05) is 6.07 Å². The Morgan fingerprint density at radius 1 is 1.38 bits per heavy atom. The number of hydrogen-bond acceptors (Lipinski definition) is 1. The number of carbonyl (C=O) groups excluding carboxylic acids is 1. The third-order valence-corrected chi connectivity index (χ3v) is 3.51. The molecule has 4 heteroatoms. The quantitative estimate of drug-likeness (QED) is 0.740. The number of urea groups is 1. The number of carbonyl (C=O) groups is 1. The molecular weight excluding hydrogens is 207 g/mol. The van der Waals surface area contributed by atoms with E-state index in [4.69, 9.17) is 0 Å². The molecule has 3 nitrogen and oxygen atoms in total. The molecule has 0 spiro atoms. The molecule has 2 N–H and O–H groups in total. The number of nitrogens with one attached hydrogen (secondary N) is 2. The fourth-order valence-electron chi connectivity index (χ4n) is 2.75. The highest BCUT2D eigenvalue weighted by Crippen LogP contribution is 2.36. The summed E-state index contributed by atoms with van der Waals surface area (Å²) in [5.41, 5.74) is 2.28. The van der Waals surface area contributed by atoms with Crippen molar-refractivity contribution in [3.63, 3.8) is 0 Å².